The molecule has 110 valence electrons. The minimum Gasteiger partial charge on any atom is -0.378 e. The number of aromatic nitrogens is 1. The molecule has 2 aromatic rings. The molecule has 1 amide bonds. The van der Waals surface area contributed by atoms with Crippen LogP contribution < -0.4 is 21.5 Å². The summed E-state index contributed by atoms with van der Waals surface area (Å²) in [6.45, 7) is 0. The number of nitrogen functional groups attached to an aromatic ring is 1. The maximum Gasteiger partial charge on any atom is 0.258 e. The molecule has 1 aromatic heterocycles. The van der Waals surface area contributed by atoms with Gasteiger partial charge in [0.05, 0.1) is 5.56 Å². The van der Waals surface area contributed by atoms with Gasteiger partial charge in [-0.2, -0.15) is 0 Å². The lowest BCUT2D eigenvalue weighted by Gasteiger charge is -2.13. The summed E-state index contributed by atoms with van der Waals surface area (Å²) in [7, 11) is 3.84. The summed E-state index contributed by atoms with van der Waals surface area (Å²) in [5.41, 5.74) is 3.54. The summed E-state index contributed by atoms with van der Waals surface area (Å²) < 4.78 is 13.9. The first-order valence-electron chi connectivity index (χ1n) is 6.22. The number of anilines is 3. The second kappa shape index (κ2) is 6.19. The average Bonchev–Trinajstić information content (AvgIpc) is 2.48. The lowest BCUT2D eigenvalue weighted by molar-refractivity contribution is 0.102. The van der Waals surface area contributed by atoms with Crippen LogP contribution in [0, 0.1) is 5.82 Å². The Bertz CT molecular complexity index is 642. The minimum atomic E-state index is -0.789. The fourth-order valence-electron chi connectivity index (χ4n) is 1.76. The summed E-state index contributed by atoms with van der Waals surface area (Å²) in [6.07, 6.45) is 1.31. The highest BCUT2D eigenvalue weighted by Gasteiger charge is 2.15. The van der Waals surface area contributed by atoms with E-state index in [4.69, 9.17) is 5.84 Å². The van der Waals surface area contributed by atoms with E-state index in [-0.39, 0.29) is 11.4 Å². The first-order chi connectivity index (χ1) is 10.0. The van der Waals surface area contributed by atoms with Gasteiger partial charge in [-0.3, -0.25) is 4.79 Å². The van der Waals surface area contributed by atoms with E-state index >= 15 is 0 Å². The predicted octanol–water partition coefficient (Wildman–Crippen LogP) is 1.82. The molecular formula is C14H16FN5O. The molecule has 6 nitrogen and oxygen atoms in total. The van der Waals surface area contributed by atoms with Crippen LogP contribution in [0.25, 0.3) is 0 Å². The Morgan fingerprint density at radius 1 is 1.24 bits per heavy atom. The van der Waals surface area contributed by atoms with Gasteiger partial charge in [0, 0.05) is 31.7 Å². The van der Waals surface area contributed by atoms with Crippen molar-refractivity contribution >= 4 is 23.1 Å². The molecule has 0 fully saturated rings. The zero-order valence-corrected chi connectivity index (χ0v) is 11.7. The summed E-state index contributed by atoms with van der Waals surface area (Å²) in [5.74, 6) is 3.60. The van der Waals surface area contributed by atoms with Gasteiger partial charge in [0.1, 0.15) is 0 Å². The van der Waals surface area contributed by atoms with Crippen molar-refractivity contribution in [2.24, 2.45) is 5.84 Å². The van der Waals surface area contributed by atoms with E-state index in [1.807, 2.05) is 31.1 Å². The highest BCUT2D eigenvalue weighted by Crippen LogP contribution is 2.18. The molecule has 0 aliphatic heterocycles. The predicted molar refractivity (Wildman–Crippen MR) is 80.7 cm³/mol. The Balaban J connectivity index is 2.18. The van der Waals surface area contributed by atoms with E-state index < -0.39 is 11.7 Å². The molecule has 0 saturated heterocycles. The van der Waals surface area contributed by atoms with E-state index in [1.165, 1.54) is 12.3 Å². The van der Waals surface area contributed by atoms with Crippen LogP contribution in [0.3, 0.4) is 0 Å². The molecule has 1 aromatic carbocycles. The van der Waals surface area contributed by atoms with E-state index in [9.17, 15) is 9.18 Å². The van der Waals surface area contributed by atoms with Crippen LogP contribution in [0.1, 0.15) is 10.4 Å². The smallest absolute Gasteiger partial charge is 0.258 e. The highest BCUT2D eigenvalue weighted by atomic mass is 19.1. The zero-order valence-electron chi connectivity index (χ0n) is 11.7. The van der Waals surface area contributed by atoms with Crippen LogP contribution in [0.4, 0.5) is 21.6 Å². The number of carbonyl (C=O) groups excluding carboxylic acids is 1. The number of nitrogens with zero attached hydrogens (tertiary/aromatic N) is 2. The number of hydrazine groups is 1. The third kappa shape index (κ3) is 3.26. The zero-order chi connectivity index (χ0) is 15.4. The summed E-state index contributed by atoms with van der Waals surface area (Å²) >= 11 is 0. The molecular weight excluding hydrogens is 273 g/mol. The maximum absolute atomic E-state index is 13.9. The molecule has 0 bridgehead atoms. The van der Waals surface area contributed by atoms with Crippen molar-refractivity contribution in [3.63, 3.8) is 0 Å². The fraction of sp³-hybridized carbons (Fsp3) is 0.143. The summed E-state index contributed by atoms with van der Waals surface area (Å²) in [5, 5.41) is 2.62. The third-order valence-corrected chi connectivity index (χ3v) is 2.91. The van der Waals surface area contributed by atoms with Gasteiger partial charge in [0.15, 0.2) is 11.6 Å². The van der Waals surface area contributed by atoms with Crippen molar-refractivity contribution in [2.75, 3.05) is 29.7 Å². The van der Waals surface area contributed by atoms with Crippen molar-refractivity contribution in [1.29, 1.82) is 0 Å². The molecule has 0 unspecified atom stereocenters. The number of carbonyl (C=O) groups is 1. The van der Waals surface area contributed by atoms with E-state index in [2.05, 4.69) is 15.7 Å². The van der Waals surface area contributed by atoms with Crippen LogP contribution >= 0.6 is 0 Å². The largest absolute Gasteiger partial charge is 0.378 e. The standard InChI is InChI=1S/C14H16FN5O/c1-20(2)10-5-3-9(4-6-10)18-14(21)11-7-8-17-13(19-16)12(11)15/h3-8H,16H2,1-2H3,(H,17,19)(H,18,21). The normalized spacial score (nSPS) is 10.1. The molecule has 2 rings (SSSR count). The van der Waals surface area contributed by atoms with Crippen molar-refractivity contribution in [2.45, 2.75) is 0 Å². The minimum absolute atomic E-state index is 0.130. The number of hydrogen-bond donors (Lipinski definition) is 3. The van der Waals surface area contributed by atoms with E-state index in [1.54, 1.807) is 12.1 Å². The summed E-state index contributed by atoms with van der Waals surface area (Å²) in [6, 6.07) is 8.49. The lowest BCUT2D eigenvalue weighted by Crippen LogP contribution is -2.17. The van der Waals surface area contributed by atoms with Crippen LogP contribution in [0.5, 0.6) is 0 Å². The number of rotatable bonds is 4. The number of nitrogens with two attached hydrogens (primary N) is 1. The van der Waals surface area contributed by atoms with Gasteiger partial charge < -0.3 is 15.6 Å². The molecule has 0 radical (unpaired) electrons. The quantitative estimate of drug-likeness (QED) is 0.591. The number of benzene rings is 1. The molecule has 0 spiro atoms. The second-order valence-electron chi connectivity index (χ2n) is 4.56. The monoisotopic (exact) mass is 289 g/mol. The maximum atomic E-state index is 13.9. The number of hydrogen-bond acceptors (Lipinski definition) is 5. The summed E-state index contributed by atoms with van der Waals surface area (Å²) in [4.78, 5) is 17.7. The van der Waals surface area contributed by atoms with Crippen LogP contribution in [-0.4, -0.2) is 25.0 Å². The Morgan fingerprint density at radius 2 is 1.90 bits per heavy atom. The van der Waals surface area contributed by atoms with Crippen molar-refractivity contribution in [1.82, 2.24) is 4.98 Å². The van der Waals surface area contributed by atoms with E-state index in [0.717, 1.165) is 5.69 Å². The van der Waals surface area contributed by atoms with Crippen LogP contribution in [-0.2, 0) is 0 Å². The SMILES string of the molecule is CN(C)c1ccc(NC(=O)c2ccnc(NN)c2F)cc1. The third-order valence-electron chi connectivity index (χ3n) is 2.91. The van der Waals surface area contributed by atoms with Gasteiger partial charge in [0.25, 0.3) is 5.91 Å². The Hall–Kier alpha value is -2.67. The fourth-order valence-corrected chi connectivity index (χ4v) is 1.76. The molecule has 0 aliphatic carbocycles. The number of nitrogens with one attached hydrogen (secondary N) is 2. The number of amides is 1. The van der Waals surface area contributed by atoms with Gasteiger partial charge in [-0.1, -0.05) is 0 Å². The topological polar surface area (TPSA) is 83.3 Å². The van der Waals surface area contributed by atoms with Crippen molar-refractivity contribution in [3.8, 4) is 0 Å². The molecule has 1 heterocycles. The average molecular weight is 289 g/mol. The first-order valence-corrected chi connectivity index (χ1v) is 6.22. The van der Waals surface area contributed by atoms with E-state index in [0.29, 0.717) is 5.69 Å². The molecule has 0 atom stereocenters. The number of pyridine rings is 1. The number of halogens is 1. The molecule has 0 saturated carbocycles. The second-order valence-corrected chi connectivity index (χ2v) is 4.56. The van der Waals surface area contributed by atoms with Crippen LogP contribution in [0.15, 0.2) is 36.5 Å². The first kappa shape index (κ1) is 14.7. The van der Waals surface area contributed by atoms with Gasteiger partial charge in [-0.15, -0.1) is 0 Å². The van der Waals surface area contributed by atoms with Crippen molar-refractivity contribution < 1.29 is 9.18 Å². The van der Waals surface area contributed by atoms with Gasteiger partial charge in [0.2, 0.25) is 0 Å². The lowest BCUT2D eigenvalue weighted by atomic mass is 10.2. The Kier molecular flexibility index (Phi) is 4.34. The van der Waals surface area contributed by atoms with Gasteiger partial charge in [-0.25, -0.2) is 15.2 Å². The molecule has 0 aliphatic rings. The van der Waals surface area contributed by atoms with Gasteiger partial charge >= 0.3 is 0 Å². The van der Waals surface area contributed by atoms with Crippen molar-refractivity contribution in [3.05, 3.63) is 47.9 Å². The molecule has 21 heavy (non-hydrogen) atoms. The highest BCUT2D eigenvalue weighted by molar-refractivity contribution is 6.04. The molecule has 4 N–H and O–H groups in total. The van der Waals surface area contributed by atoms with Gasteiger partial charge in [-0.05, 0) is 30.3 Å². The molecule has 7 heteroatoms. The Morgan fingerprint density at radius 3 is 2.48 bits per heavy atom. The Labute approximate surface area is 121 Å². The van der Waals surface area contributed by atoms with Crippen LogP contribution in [0.2, 0.25) is 0 Å².